The van der Waals surface area contributed by atoms with Gasteiger partial charge in [-0.05, 0) is 0 Å². The van der Waals surface area contributed by atoms with Crippen LogP contribution in [0.5, 0.6) is 0 Å². The molecule has 48 valence electrons. The van der Waals surface area contributed by atoms with Crippen LogP contribution in [0.1, 0.15) is 0 Å². The summed E-state index contributed by atoms with van der Waals surface area (Å²) >= 11 is 0. The van der Waals surface area contributed by atoms with Crippen molar-refractivity contribution in [1.29, 1.82) is 0 Å². The molecule has 0 N–H and O–H groups in total. The Hall–Kier alpha value is 6.42. The van der Waals surface area contributed by atoms with Gasteiger partial charge in [0.15, 0.2) is 0 Å². The van der Waals surface area contributed by atoms with Crippen LogP contribution in [-0.4, -0.2) is 204 Å². The molecule has 0 aliphatic heterocycles. The summed E-state index contributed by atoms with van der Waals surface area (Å²) in [5, 5.41) is 0. The minimum absolute atomic E-state index is 0. The fourth-order valence-corrected chi connectivity index (χ4v) is 0. The van der Waals surface area contributed by atoms with Gasteiger partial charge in [0.05, 0.1) is 0 Å². The van der Waals surface area contributed by atoms with Crippen molar-refractivity contribution in [2.75, 3.05) is 0 Å². The molecule has 0 bridgehead atoms. The van der Waals surface area contributed by atoms with E-state index < -0.39 is 0 Å². The second kappa shape index (κ2) is 94.8. The number of hydrogen-bond donors (Lipinski definition) is 0. The van der Waals surface area contributed by atoms with Crippen molar-refractivity contribution in [2.24, 2.45) is 0 Å². The summed E-state index contributed by atoms with van der Waals surface area (Å²) in [6.45, 7) is 0. The summed E-state index contributed by atoms with van der Waals surface area (Å²) in [6, 6.07) is 0. The van der Waals surface area contributed by atoms with Gasteiger partial charge in [0, 0.05) is 0 Å². The molecule has 0 rings (SSSR count). The normalized spacial score (nSPS) is 0. The zero-order valence-electron chi connectivity index (χ0n) is 5.45. The molecule has 0 heterocycles. The van der Waals surface area contributed by atoms with Crippen LogP contribution in [0.2, 0.25) is 0 Å². The predicted octanol–water partition coefficient (Wildman–Crippen LogP) is -4.19. The minimum Gasteiger partial charge on any atom is -3.00 e. The van der Waals surface area contributed by atoms with Gasteiger partial charge in [-0.3, -0.25) is 0 Å². The molecule has 11 heavy (non-hydrogen) atoms. The van der Waals surface area contributed by atoms with Crippen molar-refractivity contribution in [2.45, 2.75) is 0 Å². The van der Waals surface area contributed by atoms with Gasteiger partial charge in [-0.25, -0.2) is 0 Å². The quantitative estimate of drug-likeness (QED) is 0.218. The minimum atomic E-state index is 0. The molecule has 0 nitrogen and oxygen atoms in total. The van der Waals surface area contributed by atoms with Crippen molar-refractivity contribution in [3.8, 4) is 0 Å². The van der Waals surface area contributed by atoms with E-state index in [0.29, 0.717) is 0 Å². The molecule has 0 saturated carbocycles. The molecular weight excluding hydrogens is 810 g/mol. The summed E-state index contributed by atoms with van der Waals surface area (Å²) in [4.78, 5) is 0. The average molecular weight is 810 g/mol. The Morgan fingerprint density at radius 3 is 0.273 bits per heavy atom. The van der Waals surface area contributed by atoms with Gasteiger partial charge in [0.2, 0.25) is 0 Å². The first-order chi connectivity index (χ1) is 0. The third-order valence-corrected chi connectivity index (χ3v) is 0. The van der Waals surface area contributed by atoms with E-state index in [0.717, 1.165) is 0 Å². The van der Waals surface area contributed by atoms with Crippen LogP contribution in [-0.2, 0) is 0 Å². The van der Waals surface area contributed by atoms with Gasteiger partial charge in [-0.1, -0.05) is 0 Å². The molecule has 0 amide bonds. The Balaban J connectivity index is 0. The molecule has 0 saturated heterocycles. The van der Waals surface area contributed by atoms with Crippen LogP contribution in [0.15, 0.2) is 0 Å². The Labute approximate surface area is 199 Å². The van der Waals surface area contributed by atoms with E-state index in [4.69, 9.17) is 0 Å². The van der Waals surface area contributed by atoms with Gasteiger partial charge in [0.1, 0.15) is 0 Å². The largest absolute Gasteiger partial charge is 3.00 e. The summed E-state index contributed by atoms with van der Waals surface area (Å²) in [5.74, 6) is 0. The monoisotopic (exact) mass is 809 g/mol. The average Bonchev–Trinajstić information content (AvgIpc) is 0. The van der Waals surface area contributed by atoms with E-state index >= 15 is 0 Å². The standard InChI is InChI=1S/3As.5Ga.3Se/q3*-3;5*+3;3*-2. The van der Waals surface area contributed by atoms with Gasteiger partial charge in [-0.2, -0.15) is 0 Å². The van der Waals surface area contributed by atoms with Crippen LogP contribution < -0.4 is 0 Å². The summed E-state index contributed by atoms with van der Waals surface area (Å²) in [5.41, 5.74) is 0. The molecule has 0 unspecified atom stereocenters. The zero-order chi connectivity index (χ0) is 0. The van der Waals surface area contributed by atoms with E-state index in [1.165, 1.54) is 0 Å². The van der Waals surface area contributed by atoms with Crippen molar-refractivity contribution < 1.29 is 0 Å². The molecule has 11 heteroatoms. The van der Waals surface area contributed by atoms with Crippen LogP contribution in [0, 0.1) is 0 Å². The molecule has 0 spiro atoms. The van der Waals surface area contributed by atoms with E-state index in [2.05, 4.69) is 0 Å². The van der Waals surface area contributed by atoms with Crippen LogP contribution >= 0.6 is 0 Å². The molecular formula is As3Ga5Se3. The molecule has 0 fully saturated rings. The van der Waals surface area contributed by atoms with Gasteiger partial charge < -0.3 is 105 Å². The molecule has 0 aliphatic carbocycles. The van der Waals surface area contributed by atoms with Gasteiger partial charge in [0.25, 0.3) is 0 Å². The Morgan fingerprint density at radius 1 is 0.273 bits per heavy atom. The summed E-state index contributed by atoms with van der Waals surface area (Å²) in [6.07, 6.45) is 0. The molecule has 0 aromatic carbocycles. The third kappa shape index (κ3) is 82.9. The summed E-state index contributed by atoms with van der Waals surface area (Å²) in [7, 11) is 0. The Kier molecular flexibility index (Phi) is 982. The van der Waals surface area contributed by atoms with E-state index in [1.54, 1.807) is 0 Å². The first-order valence-electron chi connectivity index (χ1n) is 0. The van der Waals surface area contributed by atoms with Crippen molar-refractivity contribution >= 4 is 204 Å². The van der Waals surface area contributed by atoms with Crippen molar-refractivity contribution in [3.63, 3.8) is 0 Å². The van der Waals surface area contributed by atoms with Crippen LogP contribution in [0.3, 0.4) is 0 Å². The van der Waals surface area contributed by atoms with E-state index in [-0.39, 0.29) is 204 Å². The van der Waals surface area contributed by atoms with Gasteiger partial charge >= 0.3 is 99.0 Å². The molecule has 0 aromatic heterocycles. The first kappa shape index (κ1) is 114. The number of rotatable bonds is 0. The van der Waals surface area contributed by atoms with Gasteiger partial charge in [-0.15, -0.1) is 0 Å². The molecule has 0 atom stereocenters. The smallest absolute Gasteiger partial charge is 3.00 e. The molecule has 0 aliphatic rings. The SMILES string of the molecule is [As-3].[As-3].[As-3].[Ga+3].[Ga+3].[Ga+3].[Ga+3].[Ga+3].[Se-2].[Se-2].[Se-2]. The predicted molar refractivity (Wildman–Crippen MR) is 63.3 cm³/mol. The fourth-order valence-electron chi connectivity index (χ4n) is 0. The maximum absolute atomic E-state index is 0. The Morgan fingerprint density at radius 2 is 0.273 bits per heavy atom. The van der Waals surface area contributed by atoms with Crippen molar-refractivity contribution in [3.05, 3.63) is 0 Å². The topological polar surface area (TPSA) is 0 Å². The van der Waals surface area contributed by atoms with Crippen LogP contribution in [0.4, 0.5) is 0 Å². The summed E-state index contributed by atoms with van der Waals surface area (Å²) < 4.78 is 0. The second-order valence-electron chi connectivity index (χ2n) is 0. The first-order valence-corrected chi connectivity index (χ1v) is 0. The number of hydrogen-bond acceptors (Lipinski definition) is 0. The Bertz CT molecular complexity index is 16.9. The maximum Gasteiger partial charge on any atom is 3.00 e. The van der Waals surface area contributed by atoms with Crippen molar-refractivity contribution in [1.82, 2.24) is 0 Å². The maximum atomic E-state index is 0. The molecule has 0 radical (unpaired) electrons. The molecule has 0 aromatic rings. The van der Waals surface area contributed by atoms with E-state index in [9.17, 15) is 0 Å². The zero-order valence-corrected chi connectivity index (χ0v) is 28.3. The fraction of sp³-hybridized carbons (Fsp3) is 0. The third-order valence-electron chi connectivity index (χ3n) is 0. The van der Waals surface area contributed by atoms with E-state index in [1.807, 2.05) is 0 Å². The second-order valence-corrected chi connectivity index (χ2v) is 0. The van der Waals surface area contributed by atoms with Crippen LogP contribution in [0.25, 0.3) is 0 Å².